The number of hydrogen-bond acceptors (Lipinski definition) is 6. The van der Waals surface area contributed by atoms with Crippen LogP contribution in [0.4, 0.5) is 0 Å². The summed E-state index contributed by atoms with van der Waals surface area (Å²) < 4.78 is 5.09. The quantitative estimate of drug-likeness (QED) is 0.628. The fourth-order valence-corrected chi connectivity index (χ4v) is 3.33. The molecule has 0 N–H and O–H groups in total. The molecule has 0 saturated carbocycles. The number of esters is 1. The van der Waals surface area contributed by atoms with E-state index in [1.54, 1.807) is 16.7 Å². The second kappa shape index (κ2) is 10.7. The maximum atomic E-state index is 12.7. The predicted octanol–water partition coefficient (Wildman–Crippen LogP) is 1.77. The van der Waals surface area contributed by atoms with Crippen LogP contribution >= 0.6 is 0 Å². The minimum atomic E-state index is -0.259. The zero-order valence-electron chi connectivity index (χ0n) is 17.0. The van der Waals surface area contributed by atoms with Crippen LogP contribution in [0.25, 0.3) is 0 Å². The van der Waals surface area contributed by atoms with E-state index in [-0.39, 0.29) is 41.7 Å². The van der Waals surface area contributed by atoms with Crippen molar-refractivity contribution in [3.63, 3.8) is 0 Å². The van der Waals surface area contributed by atoms with Crippen molar-refractivity contribution < 1.29 is 19.1 Å². The molecule has 154 valence electrons. The maximum absolute atomic E-state index is 12.7. The third-order valence-corrected chi connectivity index (χ3v) is 4.64. The van der Waals surface area contributed by atoms with Crippen LogP contribution in [0.15, 0.2) is 18.6 Å². The number of aromatic nitrogens is 2. The Morgan fingerprint density at radius 2 is 2.11 bits per heavy atom. The van der Waals surface area contributed by atoms with E-state index in [1.165, 1.54) is 18.6 Å². The van der Waals surface area contributed by atoms with Crippen LogP contribution in [0, 0.1) is 11.8 Å². The number of carbonyl (C=O) groups is 3. The van der Waals surface area contributed by atoms with Gasteiger partial charge in [-0.1, -0.05) is 13.8 Å². The molecule has 1 unspecified atom stereocenters. The number of ether oxygens (including phenoxy) is 1. The van der Waals surface area contributed by atoms with Crippen LogP contribution in [0.1, 0.15) is 50.5 Å². The molecule has 1 aromatic heterocycles. The van der Waals surface area contributed by atoms with E-state index in [0.717, 1.165) is 12.8 Å². The van der Waals surface area contributed by atoms with E-state index in [1.807, 2.05) is 13.8 Å². The number of carbonyl (C=O) groups excluding carboxylic acids is 3. The van der Waals surface area contributed by atoms with Gasteiger partial charge < -0.3 is 14.5 Å². The average Bonchev–Trinajstić information content (AvgIpc) is 2.71. The minimum Gasteiger partial charge on any atom is -0.466 e. The van der Waals surface area contributed by atoms with Gasteiger partial charge in [-0.2, -0.15) is 0 Å². The number of rotatable bonds is 8. The van der Waals surface area contributed by atoms with Crippen LogP contribution in [-0.4, -0.2) is 70.3 Å². The highest BCUT2D eigenvalue weighted by molar-refractivity contribution is 5.92. The number of amides is 2. The summed E-state index contributed by atoms with van der Waals surface area (Å²) in [7, 11) is 0. The first kappa shape index (κ1) is 21.8. The van der Waals surface area contributed by atoms with Crippen LogP contribution in [0.5, 0.6) is 0 Å². The van der Waals surface area contributed by atoms with Crippen LogP contribution < -0.4 is 0 Å². The molecule has 2 rings (SSSR count). The molecule has 1 aromatic rings. The summed E-state index contributed by atoms with van der Waals surface area (Å²) in [4.78, 5) is 48.8. The third kappa shape index (κ3) is 6.28. The van der Waals surface area contributed by atoms with E-state index >= 15 is 0 Å². The summed E-state index contributed by atoms with van der Waals surface area (Å²) in [6.45, 7) is 8.04. The molecule has 0 aromatic carbocycles. The molecule has 1 aliphatic heterocycles. The minimum absolute atomic E-state index is 0.0466. The molecule has 1 saturated heterocycles. The van der Waals surface area contributed by atoms with Gasteiger partial charge in [0.25, 0.3) is 5.91 Å². The Morgan fingerprint density at radius 1 is 1.32 bits per heavy atom. The van der Waals surface area contributed by atoms with E-state index in [2.05, 4.69) is 9.97 Å². The molecule has 1 atom stereocenters. The van der Waals surface area contributed by atoms with E-state index in [4.69, 9.17) is 4.74 Å². The van der Waals surface area contributed by atoms with Crippen molar-refractivity contribution in [3.05, 3.63) is 24.3 Å². The number of nitrogens with zero attached hydrogens (tertiary/aromatic N) is 4. The van der Waals surface area contributed by atoms with Crippen molar-refractivity contribution in [1.29, 1.82) is 0 Å². The first-order valence-electron chi connectivity index (χ1n) is 9.92. The molecule has 1 aliphatic rings. The standard InChI is InChI=1S/C20H30N4O4/c1-4-28-20(27)16-6-5-10-23(14-16)18(25)7-11-24(13-15(2)3)19(26)17-12-21-8-9-22-17/h8-9,12,15-16H,4-7,10-11,13-14H2,1-3H3. The molecule has 1 fully saturated rings. The van der Waals surface area contributed by atoms with Crippen molar-refractivity contribution in [3.8, 4) is 0 Å². The fraction of sp³-hybridized carbons (Fsp3) is 0.650. The Morgan fingerprint density at radius 3 is 2.75 bits per heavy atom. The van der Waals surface area contributed by atoms with Crippen LogP contribution in [-0.2, 0) is 14.3 Å². The monoisotopic (exact) mass is 390 g/mol. The van der Waals surface area contributed by atoms with Gasteiger partial charge in [-0.05, 0) is 25.7 Å². The van der Waals surface area contributed by atoms with Crippen molar-refractivity contribution in [2.45, 2.75) is 40.0 Å². The molecule has 0 spiro atoms. The fourth-order valence-electron chi connectivity index (χ4n) is 3.33. The molecule has 8 heteroatoms. The van der Waals surface area contributed by atoms with E-state index < -0.39 is 0 Å². The van der Waals surface area contributed by atoms with Gasteiger partial charge in [-0.25, -0.2) is 4.98 Å². The second-order valence-corrected chi connectivity index (χ2v) is 7.42. The van der Waals surface area contributed by atoms with Crippen molar-refractivity contribution in [2.75, 3.05) is 32.8 Å². The molecule has 2 heterocycles. The van der Waals surface area contributed by atoms with Crippen LogP contribution in [0.2, 0.25) is 0 Å². The zero-order valence-corrected chi connectivity index (χ0v) is 17.0. The van der Waals surface area contributed by atoms with Gasteiger partial charge in [-0.3, -0.25) is 19.4 Å². The topological polar surface area (TPSA) is 92.7 Å². The van der Waals surface area contributed by atoms with Gasteiger partial charge in [0.05, 0.1) is 18.7 Å². The Labute approximate surface area is 166 Å². The van der Waals surface area contributed by atoms with Gasteiger partial charge in [0.15, 0.2) is 0 Å². The molecule has 2 amide bonds. The molecule has 0 bridgehead atoms. The van der Waals surface area contributed by atoms with Gasteiger partial charge >= 0.3 is 5.97 Å². The van der Waals surface area contributed by atoms with Crippen molar-refractivity contribution >= 4 is 17.8 Å². The Hall–Kier alpha value is -2.51. The third-order valence-electron chi connectivity index (χ3n) is 4.64. The number of likely N-dealkylation sites (tertiary alicyclic amines) is 1. The lowest BCUT2D eigenvalue weighted by molar-refractivity contribution is -0.151. The predicted molar refractivity (Wildman–Crippen MR) is 103 cm³/mol. The highest BCUT2D eigenvalue weighted by atomic mass is 16.5. The lowest BCUT2D eigenvalue weighted by Crippen LogP contribution is -2.44. The van der Waals surface area contributed by atoms with Gasteiger partial charge in [0.1, 0.15) is 5.69 Å². The Kier molecular flexibility index (Phi) is 8.35. The first-order valence-corrected chi connectivity index (χ1v) is 9.92. The molecule has 0 radical (unpaired) electrons. The largest absolute Gasteiger partial charge is 0.466 e. The van der Waals surface area contributed by atoms with Crippen molar-refractivity contribution in [2.24, 2.45) is 11.8 Å². The molecular weight excluding hydrogens is 360 g/mol. The van der Waals surface area contributed by atoms with Crippen molar-refractivity contribution in [1.82, 2.24) is 19.8 Å². The maximum Gasteiger partial charge on any atom is 0.310 e. The molecule has 8 nitrogen and oxygen atoms in total. The molecule has 28 heavy (non-hydrogen) atoms. The summed E-state index contributed by atoms with van der Waals surface area (Å²) >= 11 is 0. The summed E-state index contributed by atoms with van der Waals surface area (Å²) in [6.07, 6.45) is 6.18. The smallest absolute Gasteiger partial charge is 0.310 e. The highest BCUT2D eigenvalue weighted by Gasteiger charge is 2.29. The number of piperidine rings is 1. The van der Waals surface area contributed by atoms with Gasteiger partial charge in [0.2, 0.25) is 5.91 Å². The highest BCUT2D eigenvalue weighted by Crippen LogP contribution is 2.19. The second-order valence-electron chi connectivity index (χ2n) is 7.42. The zero-order chi connectivity index (χ0) is 20.5. The van der Waals surface area contributed by atoms with Gasteiger partial charge in [0, 0.05) is 45.0 Å². The normalized spacial score (nSPS) is 16.7. The summed E-state index contributed by atoms with van der Waals surface area (Å²) in [5.41, 5.74) is 0.274. The summed E-state index contributed by atoms with van der Waals surface area (Å²) in [5.74, 6) is -0.504. The molecule has 0 aliphatic carbocycles. The summed E-state index contributed by atoms with van der Waals surface area (Å²) in [6, 6.07) is 0. The van der Waals surface area contributed by atoms with Crippen LogP contribution in [0.3, 0.4) is 0 Å². The number of hydrogen-bond donors (Lipinski definition) is 0. The lowest BCUT2D eigenvalue weighted by atomic mass is 9.98. The average molecular weight is 390 g/mol. The van der Waals surface area contributed by atoms with E-state index in [0.29, 0.717) is 32.8 Å². The molecular formula is C20H30N4O4. The lowest BCUT2D eigenvalue weighted by Gasteiger charge is -2.32. The van der Waals surface area contributed by atoms with Gasteiger partial charge in [-0.15, -0.1) is 0 Å². The Balaban J connectivity index is 1.95. The Bertz CT molecular complexity index is 665. The first-order chi connectivity index (χ1) is 13.4. The summed E-state index contributed by atoms with van der Waals surface area (Å²) in [5, 5.41) is 0. The SMILES string of the molecule is CCOC(=O)C1CCCN(C(=O)CCN(CC(C)C)C(=O)c2cnccn2)C1. The van der Waals surface area contributed by atoms with E-state index in [9.17, 15) is 14.4 Å².